The van der Waals surface area contributed by atoms with E-state index in [-0.39, 0.29) is 5.97 Å². The third kappa shape index (κ3) is 2.65. The lowest BCUT2D eigenvalue weighted by molar-refractivity contribution is 0.0240. The summed E-state index contributed by atoms with van der Waals surface area (Å²) in [5.41, 5.74) is 6.13. The lowest BCUT2D eigenvalue weighted by Crippen LogP contribution is -2.32. The molecule has 5 nitrogen and oxygen atoms in total. The van der Waals surface area contributed by atoms with Gasteiger partial charge in [-0.25, -0.2) is 9.78 Å². The average Bonchev–Trinajstić information content (AvgIpc) is 3.64. The summed E-state index contributed by atoms with van der Waals surface area (Å²) in [5, 5.41) is 3.10. The fourth-order valence-electron chi connectivity index (χ4n) is 5.90. The Hall–Kier alpha value is -4.16. The number of fused-ring (bicyclic) bond motifs is 3. The van der Waals surface area contributed by atoms with Crippen molar-refractivity contribution < 1.29 is 9.53 Å². The maximum atomic E-state index is 13.5. The molecule has 176 valence electrons. The first kappa shape index (κ1) is 21.1. The third-order valence-electron chi connectivity index (χ3n) is 7.31. The maximum absolute atomic E-state index is 13.5. The molecule has 0 N–H and O–H groups in total. The Labute approximate surface area is 212 Å². The van der Waals surface area contributed by atoms with Crippen LogP contribution in [0.5, 0.6) is 0 Å². The molecule has 4 heterocycles. The van der Waals surface area contributed by atoms with Crippen molar-refractivity contribution in [3.05, 3.63) is 119 Å². The van der Waals surface area contributed by atoms with Gasteiger partial charge in [0.05, 0.1) is 11.3 Å². The van der Waals surface area contributed by atoms with Crippen molar-refractivity contribution >= 4 is 33.2 Å². The number of hydrogen-bond donors (Lipinski definition) is 0. The normalized spacial score (nSPS) is 17.1. The van der Waals surface area contributed by atoms with Crippen molar-refractivity contribution in [1.82, 2.24) is 14.0 Å². The number of cyclic esters (lactones) is 1. The zero-order chi connectivity index (χ0) is 24.4. The highest BCUT2D eigenvalue weighted by molar-refractivity contribution is 7.15. The summed E-state index contributed by atoms with van der Waals surface area (Å²) >= 11 is 1.58. The molecule has 3 aromatic carbocycles. The first-order valence-corrected chi connectivity index (χ1v) is 13.0. The number of hydrogen-bond acceptors (Lipinski definition) is 4. The Balaban J connectivity index is 1.71. The number of rotatable bonds is 4. The summed E-state index contributed by atoms with van der Waals surface area (Å²) in [7, 11) is 0. The van der Waals surface area contributed by atoms with Gasteiger partial charge in [-0.1, -0.05) is 66.7 Å². The van der Waals surface area contributed by atoms with E-state index in [0.717, 1.165) is 56.2 Å². The molecule has 6 aromatic rings. The number of aryl methyl sites for hydroxylation is 1. The number of esters is 1. The lowest BCUT2D eigenvalue weighted by Gasteiger charge is -2.31. The SMILES string of the molecule is CCn1c(C)c(C2(c3c(-c4ccccc4)nc4sccn34)OC(=O)c3ccccc32)c2ccccc21. The van der Waals surface area contributed by atoms with Gasteiger partial charge in [-0.05, 0) is 26.0 Å². The highest BCUT2D eigenvalue weighted by atomic mass is 32.1. The fraction of sp³-hybridized carbons (Fsp3) is 0.133. The van der Waals surface area contributed by atoms with Crippen LogP contribution in [0, 0.1) is 6.92 Å². The molecule has 0 bridgehead atoms. The molecule has 0 aliphatic carbocycles. The van der Waals surface area contributed by atoms with Gasteiger partial charge in [-0.2, -0.15) is 0 Å². The van der Waals surface area contributed by atoms with Crippen molar-refractivity contribution in [2.45, 2.75) is 26.0 Å². The van der Waals surface area contributed by atoms with E-state index in [1.807, 2.05) is 54.0 Å². The van der Waals surface area contributed by atoms with E-state index < -0.39 is 5.60 Å². The minimum atomic E-state index is -1.16. The van der Waals surface area contributed by atoms with Crippen molar-refractivity contribution in [2.24, 2.45) is 0 Å². The molecule has 1 aliphatic heterocycles. The molecule has 0 saturated heterocycles. The van der Waals surface area contributed by atoms with Gasteiger partial charge < -0.3 is 9.30 Å². The standard InChI is InChI=1S/C30H23N3O2S/c1-3-32-19(2)25(22-14-8-10-16-24(22)32)30(23-15-9-7-13-21(23)28(34)35-30)27-26(20-11-5-4-6-12-20)31-29-33(27)17-18-36-29/h4-18H,3H2,1-2H3. The second-order valence-corrected chi connectivity index (χ2v) is 9.94. The Morgan fingerprint density at radius 1 is 0.972 bits per heavy atom. The Kier molecular flexibility index (Phi) is 4.51. The number of carbonyl (C=O) groups is 1. The van der Waals surface area contributed by atoms with Gasteiger partial charge in [0, 0.05) is 51.4 Å². The first-order valence-electron chi connectivity index (χ1n) is 12.1. The molecule has 1 aliphatic rings. The van der Waals surface area contributed by atoms with Crippen LogP contribution in [0.4, 0.5) is 0 Å². The molecule has 36 heavy (non-hydrogen) atoms. The number of thiazole rings is 1. The minimum absolute atomic E-state index is 0.317. The molecule has 1 atom stereocenters. The number of imidazole rings is 1. The molecule has 3 aromatic heterocycles. The van der Waals surface area contributed by atoms with Gasteiger partial charge in [-0.15, -0.1) is 11.3 Å². The summed E-state index contributed by atoms with van der Waals surface area (Å²) in [4.78, 5) is 19.5. The van der Waals surface area contributed by atoms with Crippen molar-refractivity contribution in [3.63, 3.8) is 0 Å². The van der Waals surface area contributed by atoms with Crippen LogP contribution in [-0.2, 0) is 16.9 Å². The largest absolute Gasteiger partial charge is 0.439 e. The van der Waals surface area contributed by atoms with Crippen molar-refractivity contribution in [2.75, 3.05) is 0 Å². The first-order chi connectivity index (χ1) is 17.6. The van der Waals surface area contributed by atoms with Gasteiger partial charge in [-0.3, -0.25) is 4.40 Å². The van der Waals surface area contributed by atoms with Gasteiger partial charge >= 0.3 is 5.97 Å². The van der Waals surface area contributed by atoms with E-state index in [2.05, 4.69) is 59.2 Å². The predicted molar refractivity (Wildman–Crippen MR) is 143 cm³/mol. The number of nitrogens with zero attached hydrogens (tertiary/aromatic N) is 3. The van der Waals surface area contributed by atoms with E-state index in [1.54, 1.807) is 11.3 Å². The molecule has 0 saturated carbocycles. The Bertz CT molecular complexity index is 1790. The zero-order valence-electron chi connectivity index (χ0n) is 19.9. The predicted octanol–water partition coefficient (Wildman–Crippen LogP) is 6.81. The summed E-state index contributed by atoms with van der Waals surface area (Å²) < 4.78 is 11.0. The van der Waals surface area contributed by atoms with Gasteiger partial charge in [0.25, 0.3) is 0 Å². The molecule has 0 amide bonds. The summed E-state index contributed by atoms with van der Waals surface area (Å²) in [6, 6.07) is 26.3. The van der Waals surface area contributed by atoms with Crippen LogP contribution in [0.15, 0.2) is 90.4 Å². The van der Waals surface area contributed by atoms with Crippen LogP contribution in [0.2, 0.25) is 0 Å². The van der Waals surface area contributed by atoms with Gasteiger partial charge in [0.15, 0.2) is 4.96 Å². The molecule has 1 unspecified atom stereocenters. The fourth-order valence-corrected chi connectivity index (χ4v) is 6.61. The molecule has 0 radical (unpaired) electrons. The maximum Gasteiger partial charge on any atom is 0.340 e. The smallest absolute Gasteiger partial charge is 0.340 e. The third-order valence-corrected chi connectivity index (χ3v) is 8.07. The molecule has 0 fully saturated rings. The van der Waals surface area contributed by atoms with Crippen LogP contribution in [0.3, 0.4) is 0 Å². The topological polar surface area (TPSA) is 48.5 Å². The van der Waals surface area contributed by atoms with Gasteiger partial charge in [0.2, 0.25) is 5.60 Å². The average molecular weight is 490 g/mol. The number of ether oxygens (including phenoxy) is 1. The Morgan fingerprint density at radius 3 is 2.56 bits per heavy atom. The number of para-hydroxylation sites is 1. The second kappa shape index (κ2) is 7.67. The molecule has 7 rings (SSSR count). The van der Waals surface area contributed by atoms with E-state index in [9.17, 15) is 4.79 Å². The van der Waals surface area contributed by atoms with Crippen molar-refractivity contribution in [1.29, 1.82) is 0 Å². The van der Waals surface area contributed by atoms with Crippen molar-refractivity contribution in [3.8, 4) is 11.3 Å². The molecular formula is C30H23N3O2S. The van der Waals surface area contributed by atoms with Crippen LogP contribution >= 0.6 is 11.3 Å². The molecule has 0 spiro atoms. The molecular weight excluding hydrogens is 466 g/mol. The summed E-state index contributed by atoms with van der Waals surface area (Å²) in [6.45, 7) is 5.09. The van der Waals surface area contributed by atoms with Crippen LogP contribution in [0.25, 0.3) is 27.1 Å². The van der Waals surface area contributed by atoms with E-state index in [1.165, 1.54) is 0 Å². The Morgan fingerprint density at radius 2 is 1.72 bits per heavy atom. The van der Waals surface area contributed by atoms with Crippen LogP contribution < -0.4 is 0 Å². The lowest BCUT2D eigenvalue weighted by atomic mass is 9.79. The summed E-state index contributed by atoms with van der Waals surface area (Å²) in [6.07, 6.45) is 2.03. The summed E-state index contributed by atoms with van der Waals surface area (Å²) in [5.74, 6) is -0.317. The van der Waals surface area contributed by atoms with E-state index >= 15 is 0 Å². The highest BCUT2D eigenvalue weighted by Crippen LogP contribution is 2.53. The zero-order valence-corrected chi connectivity index (χ0v) is 20.8. The van der Waals surface area contributed by atoms with Crippen LogP contribution in [0.1, 0.15) is 39.8 Å². The van der Waals surface area contributed by atoms with Crippen LogP contribution in [-0.4, -0.2) is 19.9 Å². The number of carbonyl (C=O) groups excluding carboxylic acids is 1. The minimum Gasteiger partial charge on any atom is -0.439 e. The quantitative estimate of drug-likeness (QED) is 0.256. The van der Waals surface area contributed by atoms with E-state index in [4.69, 9.17) is 9.72 Å². The highest BCUT2D eigenvalue weighted by Gasteiger charge is 2.54. The second-order valence-electron chi connectivity index (χ2n) is 9.07. The van der Waals surface area contributed by atoms with E-state index in [0.29, 0.717) is 5.56 Å². The number of benzene rings is 3. The monoisotopic (exact) mass is 489 g/mol. The molecule has 6 heteroatoms. The van der Waals surface area contributed by atoms with Gasteiger partial charge in [0.1, 0.15) is 5.69 Å². The number of aromatic nitrogens is 3.